The van der Waals surface area contributed by atoms with Crippen LogP contribution in [0.5, 0.6) is 0 Å². The van der Waals surface area contributed by atoms with Gasteiger partial charge in [-0.25, -0.2) is 0 Å². The molecule has 1 aromatic heterocycles. The standard InChI is InChI=1S/C16H13ClF3N3O2/c17-10-3-4-13-11(5-10)15(16(18,19)20,25-7-9-1-2-9)12-6-21-8-23(24)14(12)22-13/h3-6,8-9,22H,1-2,7H2. The summed E-state index contributed by atoms with van der Waals surface area (Å²) < 4.78 is 48.8. The van der Waals surface area contributed by atoms with Gasteiger partial charge in [0.05, 0.1) is 6.61 Å². The first-order valence-electron chi connectivity index (χ1n) is 7.68. The highest BCUT2D eigenvalue weighted by Gasteiger charge is 2.64. The number of rotatable bonds is 3. The van der Waals surface area contributed by atoms with Crippen molar-refractivity contribution in [1.29, 1.82) is 0 Å². The van der Waals surface area contributed by atoms with E-state index in [1.54, 1.807) is 0 Å². The van der Waals surface area contributed by atoms with E-state index < -0.39 is 11.8 Å². The summed E-state index contributed by atoms with van der Waals surface area (Å²) in [6, 6.07) is 4.08. The van der Waals surface area contributed by atoms with Crippen molar-refractivity contribution in [2.75, 3.05) is 11.9 Å². The molecule has 0 amide bonds. The highest BCUT2D eigenvalue weighted by molar-refractivity contribution is 6.30. The number of alkyl halides is 3. The summed E-state index contributed by atoms with van der Waals surface area (Å²) in [7, 11) is 0. The average molecular weight is 372 g/mol. The van der Waals surface area contributed by atoms with Crippen LogP contribution in [-0.4, -0.2) is 17.8 Å². The van der Waals surface area contributed by atoms with Gasteiger partial charge in [0.2, 0.25) is 17.7 Å². The predicted molar refractivity (Wildman–Crippen MR) is 83.4 cm³/mol. The van der Waals surface area contributed by atoms with Crippen LogP contribution in [-0.2, 0) is 10.3 Å². The van der Waals surface area contributed by atoms with Gasteiger partial charge in [-0.2, -0.15) is 13.2 Å². The Kier molecular flexibility index (Phi) is 3.59. The first-order chi connectivity index (χ1) is 11.8. The molecule has 1 unspecified atom stereocenters. The molecule has 5 nitrogen and oxygen atoms in total. The Balaban J connectivity index is 1.99. The maximum absolute atomic E-state index is 14.4. The maximum Gasteiger partial charge on any atom is 0.426 e. The van der Waals surface area contributed by atoms with Gasteiger partial charge in [-0.05, 0) is 37.0 Å². The fraction of sp³-hybridized carbons (Fsp3) is 0.375. The van der Waals surface area contributed by atoms with Gasteiger partial charge in [0.15, 0.2) is 0 Å². The Bertz CT molecular complexity index is 838. The van der Waals surface area contributed by atoms with Crippen molar-refractivity contribution in [2.45, 2.75) is 24.6 Å². The summed E-state index contributed by atoms with van der Waals surface area (Å²) in [5.74, 6) is -0.158. The zero-order chi connectivity index (χ0) is 17.8. The van der Waals surface area contributed by atoms with Crippen molar-refractivity contribution in [3.8, 4) is 0 Å². The molecule has 132 valence electrons. The monoisotopic (exact) mass is 371 g/mol. The van der Waals surface area contributed by atoms with E-state index in [2.05, 4.69) is 10.3 Å². The molecule has 2 aromatic rings. The van der Waals surface area contributed by atoms with E-state index in [0.29, 0.717) is 0 Å². The van der Waals surface area contributed by atoms with Gasteiger partial charge in [0.1, 0.15) is 17.4 Å². The molecule has 1 fully saturated rings. The minimum absolute atomic E-state index is 0.0569. The number of aromatic nitrogens is 2. The fourth-order valence-electron chi connectivity index (χ4n) is 3.05. The molecule has 25 heavy (non-hydrogen) atoms. The molecule has 2 aliphatic rings. The highest BCUT2D eigenvalue weighted by Crippen LogP contribution is 2.55. The molecule has 2 heterocycles. The Labute approximate surface area is 146 Å². The van der Waals surface area contributed by atoms with Gasteiger partial charge in [-0.1, -0.05) is 11.6 Å². The predicted octanol–water partition coefficient (Wildman–Crippen LogP) is 3.66. The lowest BCUT2D eigenvalue weighted by molar-refractivity contribution is -0.594. The van der Waals surface area contributed by atoms with Crippen molar-refractivity contribution in [1.82, 2.24) is 4.98 Å². The zero-order valence-corrected chi connectivity index (χ0v) is 13.6. The summed E-state index contributed by atoms with van der Waals surface area (Å²) in [4.78, 5) is 3.64. The van der Waals surface area contributed by atoms with E-state index >= 15 is 0 Å². The molecule has 1 aliphatic heterocycles. The van der Waals surface area contributed by atoms with Gasteiger partial charge in [-0.3, -0.25) is 10.0 Å². The molecule has 4 rings (SSSR count). The Hall–Kier alpha value is -2.06. The summed E-state index contributed by atoms with van der Waals surface area (Å²) in [5, 5.41) is 14.9. The van der Waals surface area contributed by atoms with Gasteiger partial charge in [0.25, 0.3) is 0 Å². The molecule has 0 saturated heterocycles. The van der Waals surface area contributed by atoms with Crippen LogP contribution in [0.25, 0.3) is 0 Å². The second-order valence-corrected chi connectivity index (χ2v) is 6.67. The average Bonchev–Trinajstić information content (AvgIpc) is 3.36. The smallest absolute Gasteiger partial charge is 0.426 e. The second-order valence-electron chi connectivity index (χ2n) is 6.23. The number of benzene rings is 1. The van der Waals surface area contributed by atoms with Crippen LogP contribution in [0.3, 0.4) is 0 Å². The van der Waals surface area contributed by atoms with Crippen molar-refractivity contribution in [3.63, 3.8) is 0 Å². The first kappa shape index (κ1) is 16.4. The lowest BCUT2D eigenvalue weighted by Gasteiger charge is -2.40. The van der Waals surface area contributed by atoms with E-state index in [9.17, 15) is 18.4 Å². The largest absolute Gasteiger partial charge is 0.740 e. The molecule has 1 aromatic carbocycles. The number of anilines is 2. The third kappa shape index (κ3) is 2.51. The second kappa shape index (κ2) is 5.47. The number of fused-ring (bicyclic) bond motifs is 2. The number of hydrogen-bond acceptors (Lipinski definition) is 4. The maximum atomic E-state index is 14.4. The molecular weight excluding hydrogens is 359 g/mol. The van der Waals surface area contributed by atoms with Gasteiger partial charge in [0, 0.05) is 10.6 Å². The number of ether oxygens (including phenoxy) is 1. The van der Waals surface area contributed by atoms with Crippen LogP contribution in [0.4, 0.5) is 24.7 Å². The SMILES string of the molecule is [O-][n+]1cncc2c1Nc1ccc(Cl)cc1C2(OCC1CC1)C(F)(F)F. The Morgan fingerprint density at radius 1 is 1.36 bits per heavy atom. The lowest BCUT2D eigenvalue weighted by Crippen LogP contribution is -2.51. The Morgan fingerprint density at radius 2 is 2.12 bits per heavy atom. The Morgan fingerprint density at radius 3 is 2.80 bits per heavy atom. The van der Waals surface area contributed by atoms with E-state index in [-0.39, 0.29) is 44.9 Å². The summed E-state index contributed by atoms with van der Waals surface area (Å²) >= 11 is 5.95. The van der Waals surface area contributed by atoms with Gasteiger partial charge in [-0.15, -0.1) is 4.98 Å². The molecule has 1 N–H and O–H groups in total. The van der Waals surface area contributed by atoms with Crippen molar-refractivity contribution >= 4 is 23.1 Å². The third-order valence-corrected chi connectivity index (χ3v) is 4.71. The third-order valence-electron chi connectivity index (χ3n) is 4.48. The number of hydrogen-bond donors (Lipinski definition) is 1. The van der Waals surface area contributed by atoms with Crippen LogP contribution < -0.4 is 10.0 Å². The topological polar surface area (TPSA) is 61.1 Å². The van der Waals surface area contributed by atoms with Crippen LogP contribution in [0.2, 0.25) is 5.02 Å². The summed E-state index contributed by atoms with van der Waals surface area (Å²) in [6.45, 7) is -0.0569. The molecular formula is C16H13ClF3N3O2. The van der Waals surface area contributed by atoms with E-state index in [1.807, 2.05) is 0 Å². The number of halogens is 4. The molecule has 1 atom stereocenters. The summed E-state index contributed by atoms with van der Waals surface area (Å²) in [6.07, 6.45) is -1.24. The minimum Gasteiger partial charge on any atom is -0.740 e. The van der Waals surface area contributed by atoms with Crippen molar-refractivity contribution in [2.24, 2.45) is 5.92 Å². The lowest BCUT2D eigenvalue weighted by atomic mass is 9.82. The molecule has 1 aliphatic carbocycles. The minimum atomic E-state index is -4.81. The number of nitrogens with zero attached hydrogens (tertiary/aromatic N) is 2. The van der Waals surface area contributed by atoms with E-state index in [1.165, 1.54) is 18.2 Å². The molecule has 9 heteroatoms. The van der Waals surface area contributed by atoms with E-state index in [0.717, 1.165) is 25.4 Å². The van der Waals surface area contributed by atoms with Crippen molar-refractivity contribution < 1.29 is 22.6 Å². The van der Waals surface area contributed by atoms with Crippen molar-refractivity contribution in [3.05, 3.63) is 52.1 Å². The molecule has 0 bridgehead atoms. The van der Waals surface area contributed by atoms with Crippen LogP contribution >= 0.6 is 11.6 Å². The molecule has 0 spiro atoms. The summed E-state index contributed by atoms with van der Waals surface area (Å²) in [5.41, 5.74) is -3.21. The zero-order valence-electron chi connectivity index (χ0n) is 12.8. The van der Waals surface area contributed by atoms with Crippen LogP contribution in [0.15, 0.2) is 30.7 Å². The number of nitrogens with one attached hydrogen (secondary N) is 1. The normalized spacial score (nSPS) is 22.1. The van der Waals surface area contributed by atoms with Gasteiger partial charge >= 0.3 is 6.18 Å². The highest BCUT2D eigenvalue weighted by atomic mass is 35.5. The van der Waals surface area contributed by atoms with Crippen LogP contribution in [0, 0.1) is 11.1 Å². The first-order valence-corrected chi connectivity index (χ1v) is 8.06. The fourth-order valence-corrected chi connectivity index (χ4v) is 3.22. The van der Waals surface area contributed by atoms with Crippen LogP contribution in [0.1, 0.15) is 24.0 Å². The van der Waals surface area contributed by atoms with E-state index in [4.69, 9.17) is 16.3 Å². The van der Waals surface area contributed by atoms with Gasteiger partial charge < -0.3 is 9.94 Å². The quantitative estimate of drug-likeness (QED) is 0.660. The molecule has 0 radical (unpaired) electrons. The molecule has 1 saturated carbocycles.